The predicted octanol–water partition coefficient (Wildman–Crippen LogP) is 0.495. The lowest BCUT2D eigenvalue weighted by molar-refractivity contribution is 0.595. The second-order valence-electron chi connectivity index (χ2n) is 3.23. The standard InChI is InChI=1S/C7H11N3O2S3/c1-15(11,12)6-8-7(14-9-6)10-2-4-13-5-3-10/h2-5H2,1H3. The van der Waals surface area contributed by atoms with Crippen molar-refractivity contribution in [1.29, 1.82) is 0 Å². The minimum atomic E-state index is -3.26. The van der Waals surface area contributed by atoms with Crippen LogP contribution in [0.4, 0.5) is 5.13 Å². The fourth-order valence-corrected chi connectivity index (χ4v) is 3.73. The molecule has 0 spiro atoms. The third-order valence-electron chi connectivity index (χ3n) is 2.01. The van der Waals surface area contributed by atoms with E-state index < -0.39 is 9.84 Å². The average Bonchev–Trinajstić information content (AvgIpc) is 2.67. The van der Waals surface area contributed by atoms with Crippen LogP contribution in [0.3, 0.4) is 0 Å². The molecular weight excluding hydrogens is 254 g/mol. The minimum Gasteiger partial charge on any atom is -0.345 e. The van der Waals surface area contributed by atoms with Crippen LogP contribution < -0.4 is 4.90 Å². The van der Waals surface area contributed by atoms with E-state index >= 15 is 0 Å². The van der Waals surface area contributed by atoms with Crippen molar-refractivity contribution < 1.29 is 8.42 Å². The maximum atomic E-state index is 11.2. The van der Waals surface area contributed by atoms with Crippen LogP contribution in [0.5, 0.6) is 0 Å². The Balaban J connectivity index is 2.19. The molecule has 0 atom stereocenters. The Labute approximate surface area is 97.0 Å². The Bertz CT molecular complexity index is 436. The highest BCUT2D eigenvalue weighted by Gasteiger charge is 2.19. The number of rotatable bonds is 2. The molecule has 0 unspecified atom stereocenters. The van der Waals surface area contributed by atoms with Crippen molar-refractivity contribution in [2.24, 2.45) is 0 Å². The molecule has 0 radical (unpaired) electrons. The molecule has 1 saturated heterocycles. The molecule has 1 aliphatic heterocycles. The molecule has 0 bridgehead atoms. The molecule has 2 rings (SSSR count). The first-order valence-electron chi connectivity index (χ1n) is 4.44. The summed E-state index contributed by atoms with van der Waals surface area (Å²) in [5.41, 5.74) is 0. The maximum absolute atomic E-state index is 11.2. The van der Waals surface area contributed by atoms with Crippen molar-refractivity contribution in [3.05, 3.63) is 0 Å². The molecule has 0 aromatic carbocycles. The van der Waals surface area contributed by atoms with Gasteiger partial charge in [-0.15, -0.1) is 0 Å². The highest BCUT2D eigenvalue weighted by atomic mass is 32.2. The molecule has 1 aliphatic rings. The second-order valence-corrected chi connectivity index (χ2v) is 7.10. The molecule has 15 heavy (non-hydrogen) atoms. The zero-order valence-corrected chi connectivity index (χ0v) is 10.7. The topological polar surface area (TPSA) is 63.2 Å². The normalized spacial score (nSPS) is 18.1. The van der Waals surface area contributed by atoms with E-state index in [1.165, 1.54) is 0 Å². The van der Waals surface area contributed by atoms with Gasteiger partial charge in [0, 0.05) is 42.4 Å². The molecular formula is C7H11N3O2S3. The quantitative estimate of drug-likeness (QED) is 0.776. The van der Waals surface area contributed by atoms with Gasteiger partial charge in [-0.2, -0.15) is 21.1 Å². The molecule has 84 valence electrons. The minimum absolute atomic E-state index is 0.0549. The lowest BCUT2D eigenvalue weighted by atomic mass is 10.5. The summed E-state index contributed by atoms with van der Waals surface area (Å²) < 4.78 is 26.2. The van der Waals surface area contributed by atoms with Gasteiger partial charge in [-0.25, -0.2) is 8.42 Å². The van der Waals surface area contributed by atoms with Crippen molar-refractivity contribution in [3.63, 3.8) is 0 Å². The molecule has 0 amide bonds. The van der Waals surface area contributed by atoms with Gasteiger partial charge in [0.25, 0.3) is 5.16 Å². The van der Waals surface area contributed by atoms with Gasteiger partial charge in [-0.05, 0) is 0 Å². The van der Waals surface area contributed by atoms with Crippen LogP contribution >= 0.6 is 23.3 Å². The Morgan fingerprint density at radius 1 is 1.33 bits per heavy atom. The predicted molar refractivity (Wildman–Crippen MR) is 62.6 cm³/mol. The summed E-state index contributed by atoms with van der Waals surface area (Å²) in [6.45, 7) is 1.84. The molecule has 2 heterocycles. The lowest BCUT2D eigenvalue weighted by Crippen LogP contribution is -2.32. The highest BCUT2D eigenvalue weighted by Crippen LogP contribution is 2.22. The Kier molecular flexibility index (Phi) is 3.17. The molecule has 1 aromatic rings. The van der Waals surface area contributed by atoms with E-state index in [4.69, 9.17) is 0 Å². The third kappa shape index (κ3) is 2.61. The van der Waals surface area contributed by atoms with Crippen LogP contribution in [0.1, 0.15) is 0 Å². The molecule has 8 heteroatoms. The van der Waals surface area contributed by atoms with E-state index in [9.17, 15) is 8.42 Å². The molecule has 0 aliphatic carbocycles. The lowest BCUT2D eigenvalue weighted by Gasteiger charge is -2.24. The molecule has 0 saturated carbocycles. The van der Waals surface area contributed by atoms with Gasteiger partial charge in [0.15, 0.2) is 0 Å². The van der Waals surface area contributed by atoms with Crippen molar-refractivity contribution >= 4 is 38.3 Å². The monoisotopic (exact) mass is 265 g/mol. The summed E-state index contributed by atoms with van der Waals surface area (Å²) in [4.78, 5) is 6.13. The van der Waals surface area contributed by atoms with E-state index in [1.807, 2.05) is 11.8 Å². The van der Waals surface area contributed by atoms with Gasteiger partial charge in [0.1, 0.15) is 0 Å². The Morgan fingerprint density at radius 2 is 2.00 bits per heavy atom. The number of sulfone groups is 1. The van der Waals surface area contributed by atoms with Crippen LogP contribution in [0, 0.1) is 0 Å². The highest BCUT2D eigenvalue weighted by molar-refractivity contribution is 7.99. The number of thioether (sulfide) groups is 1. The summed E-state index contributed by atoms with van der Waals surface area (Å²) in [6.07, 6.45) is 1.13. The van der Waals surface area contributed by atoms with E-state index in [1.54, 1.807) is 0 Å². The first kappa shape index (κ1) is 11.2. The second kappa shape index (κ2) is 4.26. The maximum Gasteiger partial charge on any atom is 0.260 e. The van der Waals surface area contributed by atoms with Crippen LogP contribution in [0.2, 0.25) is 0 Å². The van der Waals surface area contributed by atoms with Gasteiger partial charge in [-0.3, -0.25) is 0 Å². The van der Waals surface area contributed by atoms with E-state index in [0.29, 0.717) is 0 Å². The van der Waals surface area contributed by atoms with E-state index in [0.717, 1.165) is 47.5 Å². The summed E-state index contributed by atoms with van der Waals surface area (Å²) in [7, 11) is -3.26. The van der Waals surface area contributed by atoms with Crippen LogP contribution in [0.25, 0.3) is 0 Å². The third-order valence-corrected chi connectivity index (χ3v) is 4.69. The first-order valence-corrected chi connectivity index (χ1v) is 8.26. The SMILES string of the molecule is CS(=O)(=O)c1nsc(N2CCSCC2)n1. The molecule has 1 aromatic heterocycles. The number of anilines is 1. The van der Waals surface area contributed by atoms with Crippen LogP contribution in [0.15, 0.2) is 5.16 Å². The van der Waals surface area contributed by atoms with Gasteiger partial charge in [0.05, 0.1) is 0 Å². The summed E-state index contributed by atoms with van der Waals surface area (Å²) in [5.74, 6) is 2.13. The van der Waals surface area contributed by atoms with Crippen molar-refractivity contribution in [1.82, 2.24) is 9.36 Å². The number of hydrogen-bond donors (Lipinski definition) is 0. The smallest absolute Gasteiger partial charge is 0.260 e. The average molecular weight is 265 g/mol. The first-order chi connectivity index (χ1) is 7.07. The van der Waals surface area contributed by atoms with Crippen molar-refractivity contribution in [2.75, 3.05) is 35.8 Å². The Morgan fingerprint density at radius 3 is 2.53 bits per heavy atom. The number of aromatic nitrogens is 2. The number of nitrogens with zero attached hydrogens (tertiary/aromatic N) is 3. The zero-order valence-electron chi connectivity index (χ0n) is 8.21. The van der Waals surface area contributed by atoms with Gasteiger partial charge in [0.2, 0.25) is 15.0 Å². The van der Waals surface area contributed by atoms with Gasteiger partial charge in [-0.1, -0.05) is 0 Å². The molecule has 0 N–H and O–H groups in total. The fourth-order valence-electron chi connectivity index (χ4n) is 1.24. The molecule has 5 nitrogen and oxygen atoms in total. The fraction of sp³-hybridized carbons (Fsp3) is 0.714. The summed E-state index contributed by atoms with van der Waals surface area (Å²) in [5, 5.41) is 0.663. The van der Waals surface area contributed by atoms with Crippen LogP contribution in [-0.4, -0.2) is 48.6 Å². The van der Waals surface area contributed by atoms with Crippen LogP contribution in [-0.2, 0) is 9.84 Å². The van der Waals surface area contributed by atoms with Crippen molar-refractivity contribution in [2.45, 2.75) is 5.16 Å². The molecule has 1 fully saturated rings. The van der Waals surface area contributed by atoms with Crippen molar-refractivity contribution in [3.8, 4) is 0 Å². The zero-order chi connectivity index (χ0) is 10.9. The van der Waals surface area contributed by atoms with Gasteiger partial charge >= 0.3 is 0 Å². The summed E-state index contributed by atoms with van der Waals surface area (Å²) >= 11 is 3.06. The van der Waals surface area contributed by atoms with E-state index in [2.05, 4.69) is 14.3 Å². The largest absolute Gasteiger partial charge is 0.345 e. The number of hydrogen-bond acceptors (Lipinski definition) is 7. The Hall–Kier alpha value is -0.340. The van der Waals surface area contributed by atoms with E-state index in [-0.39, 0.29) is 5.16 Å². The van der Waals surface area contributed by atoms with Gasteiger partial charge < -0.3 is 4.90 Å². The summed E-state index contributed by atoms with van der Waals surface area (Å²) in [6, 6.07) is 0.